The third-order valence-corrected chi connectivity index (χ3v) is 2.69. The molecule has 3 N–H and O–H groups in total. The van der Waals surface area contributed by atoms with Gasteiger partial charge in [-0.25, -0.2) is 5.43 Å². The van der Waals surface area contributed by atoms with Crippen LogP contribution in [0.4, 0.5) is 0 Å². The molecule has 0 bridgehead atoms. The van der Waals surface area contributed by atoms with Crippen molar-refractivity contribution in [2.45, 2.75) is 46.1 Å². The van der Waals surface area contributed by atoms with Crippen molar-refractivity contribution in [2.75, 3.05) is 0 Å². The second kappa shape index (κ2) is 5.93. The van der Waals surface area contributed by atoms with E-state index in [1.165, 1.54) is 18.4 Å². The lowest BCUT2D eigenvalue weighted by molar-refractivity contribution is 0.379. The van der Waals surface area contributed by atoms with Crippen LogP contribution in [-0.4, -0.2) is 0 Å². The molecule has 0 amide bonds. The van der Waals surface area contributed by atoms with E-state index in [1.54, 1.807) is 6.26 Å². The molecule has 1 atom stereocenters. The molecule has 0 spiro atoms. The van der Waals surface area contributed by atoms with Crippen LogP contribution in [0.5, 0.6) is 0 Å². The normalized spacial score (nSPS) is 13.4. The SMILES string of the molecule is Cc1ccoc1C(CCCC(C)C)NN. The lowest BCUT2D eigenvalue weighted by Gasteiger charge is -2.14. The third-order valence-electron chi connectivity index (χ3n) is 2.69. The van der Waals surface area contributed by atoms with E-state index in [0.29, 0.717) is 0 Å². The van der Waals surface area contributed by atoms with Crippen LogP contribution < -0.4 is 11.3 Å². The summed E-state index contributed by atoms with van der Waals surface area (Å²) in [5, 5.41) is 0. The highest BCUT2D eigenvalue weighted by molar-refractivity contribution is 5.17. The Bertz CT molecular complexity index is 281. The number of hydrogen-bond donors (Lipinski definition) is 2. The molecule has 0 saturated heterocycles. The minimum atomic E-state index is 0.152. The van der Waals surface area contributed by atoms with Crippen LogP contribution >= 0.6 is 0 Å². The smallest absolute Gasteiger partial charge is 0.124 e. The van der Waals surface area contributed by atoms with Crippen molar-refractivity contribution in [1.82, 2.24) is 5.43 Å². The lowest BCUT2D eigenvalue weighted by Crippen LogP contribution is -2.28. The van der Waals surface area contributed by atoms with E-state index in [1.807, 2.05) is 13.0 Å². The van der Waals surface area contributed by atoms with Gasteiger partial charge in [0, 0.05) is 0 Å². The quantitative estimate of drug-likeness (QED) is 0.560. The molecule has 86 valence electrons. The molecule has 0 saturated carbocycles. The Morgan fingerprint density at radius 3 is 2.60 bits per heavy atom. The summed E-state index contributed by atoms with van der Waals surface area (Å²) in [4.78, 5) is 0. The Morgan fingerprint density at radius 2 is 2.13 bits per heavy atom. The summed E-state index contributed by atoms with van der Waals surface area (Å²) < 4.78 is 5.43. The molecule has 3 nitrogen and oxygen atoms in total. The average molecular weight is 210 g/mol. The minimum absolute atomic E-state index is 0.152. The Balaban J connectivity index is 2.46. The van der Waals surface area contributed by atoms with Gasteiger partial charge < -0.3 is 4.42 Å². The Hall–Kier alpha value is -0.800. The fourth-order valence-corrected chi connectivity index (χ4v) is 1.76. The summed E-state index contributed by atoms with van der Waals surface area (Å²) >= 11 is 0. The molecule has 1 unspecified atom stereocenters. The molecule has 0 aliphatic rings. The Labute approximate surface area is 92.0 Å². The Kier molecular flexibility index (Phi) is 4.85. The van der Waals surface area contributed by atoms with Crippen LogP contribution in [0.15, 0.2) is 16.7 Å². The molecule has 0 aliphatic heterocycles. The highest BCUT2D eigenvalue weighted by Gasteiger charge is 2.15. The number of furan rings is 1. The van der Waals surface area contributed by atoms with Crippen molar-refractivity contribution in [3.8, 4) is 0 Å². The van der Waals surface area contributed by atoms with Gasteiger partial charge in [-0.05, 0) is 30.9 Å². The van der Waals surface area contributed by atoms with Gasteiger partial charge in [-0.15, -0.1) is 0 Å². The van der Waals surface area contributed by atoms with Crippen LogP contribution in [0.2, 0.25) is 0 Å². The predicted octanol–water partition coefficient (Wildman–Crippen LogP) is 2.92. The number of nitrogens with two attached hydrogens (primary N) is 1. The second-order valence-corrected chi connectivity index (χ2v) is 4.51. The van der Waals surface area contributed by atoms with Crippen LogP contribution in [-0.2, 0) is 0 Å². The maximum atomic E-state index is 5.54. The van der Waals surface area contributed by atoms with Crippen LogP contribution in [0.1, 0.15) is 50.5 Å². The molecule has 0 aliphatic carbocycles. The van der Waals surface area contributed by atoms with Crippen molar-refractivity contribution >= 4 is 0 Å². The average Bonchev–Trinajstić information content (AvgIpc) is 2.59. The third kappa shape index (κ3) is 3.68. The van der Waals surface area contributed by atoms with E-state index >= 15 is 0 Å². The first-order valence-corrected chi connectivity index (χ1v) is 5.65. The van der Waals surface area contributed by atoms with Crippen LogP contribution in [0.25, 0.3) is 0 Å². The van der Waals surface area contributed by atoms with E-state index in [2.05, 4.69) is 19.3 Å². The van der Waals surface area contributed by atoms with E-state index in [4.69, 9.17) is 10.3 Å². The summed E-state index contributed by atoms with van der Waals surface area (Å²) in [6.45, 7) is 6.53. The molecule has 0 aromatic carbocycles. The van der Waals surface area contributed by atoms with Gasteiger partial charge >= 0.3 is 0 Å². The molecule has 1 aromatic rings. The molecule has 15 heavy (non-hydrogen) atoms. The first-order valence-electron chi connectivity index (χ1n) is 5.65. The number of rotatable bonds is 6. The molecule has 1 heterocycles. The Morgan fingerprint density at radius 1 is 1.40 bits per heavy atom. The maximum absolute atomic E-state index is 5.54. The summed E-state index contributed by atoms with van der Waals surface area (Å²) in [6, 6.07) is 2.13. The van der Waals surface area contributed by atoms with Gasteiger partial charge in [0.05, 0.1) is 12.3 Å². The van der Waals surface area contributed by atoms with E-state index in [9.17, 15) is 0 Å². The van der Waals surface area contributed by atoms with E-state index < -0.39 is 0 Å². The largest absolute Gasteiger partial charge is 0.467 e. The molecule has 0 radical (unpaired) electrons. The zero-order valence-corrected chi connectivity index (χ0v) is 9.92. The van der Waals surface area contributed by atoms with E-state index in [-0.39, 0.29) is 6.04 Å². The van der Waals surface area contributed by atoms with Crippen molar-refractivity contribution in [3.63, 3.8) is 0 Å². The van der Waals surface area contributed by atoms with Gasteiger partial charge in [0.1, 0.15) is 5.76 Å². The summed E-state index contributed by atoms with van der Waals surface area (Å²) in [6.07, 6.45) is 5.16. The molecule has 0 fully saturated rings. The van der Waals surface area contributed by atoms with Crippen LogP contribution in [0, 0.1) is 12.8 Å². The van der Waals surface area contributed by atoms with Crippen molar-refractivity contribution in [1.29, 1.82) is 0 Å². The fourth-order valence-electron chi connectivity index (χ4n) is 1.76. The summed E-state index contributed by atoms with van der Waals surface area (Å²) in [5.41, 5.74) is 3.99. The molecule has 1 aromatic heterocycles. The van der Waals surface area contributed by atoms with Gasteiger partial charge in [-0.1, -0.05) is 26.7 Å². The number of hydrazine groups is 1. The highest BCUT2D eigenvalue weighted by atomic mass is 16.3. The maximum Gasteiger partial charge on any atom is 0.124 e. The number of hydrogen-bond acceptors (Lipinski definition) is 3. The summed E-state index contributed by atoms with van der Waals surface area (Å²) in [5.74, 6) is 7.26. The van der Waals surface area contributed by atoms with Crippen molar-refractivity contribution < 1.29 is 4.42 Å². The zero-order valence-electron chi connectivity index (χ0n) is 9.92. The van der Waals surface area contributed by atoms with Gasteiger partial charge in [-0.3, -0.25) is 5.84 Å². The molecule has 3 heteroatoms. The van der Waals surface area contributed by atoms with Gasteiger partial charge in [0.2, 0.25) is 0 Å². The predicted molar refractivity (Wildman–Crippen MR) is 62.2 cm³/mol. The van der Waals surface area contributed by atoms with Gasteiger partial charge in [0.15, 0.2) is 0 Å². The van der Waals surface area contributed by atoms with Crippen molar-refractivity contribution in [3.05, 3.63) is 23.7 Å². The van der Waals surface area contributed by atoms with Gasteiger partial charge in [0.25, 0.3) is 0 Å². The monoisotopic (exact) mass is 210 g/mol. The standard InChI is InChI=1S/C12H22N2O/c1-9(2)5-4-6-11(14-13)12-10(3)7-8-15-12/h7-9,11,14H,4-6,13H2,1-3H3. The second-order valence-electron chi connectivity index (χ2n) is 4.51. The molecular weight excluding hydrogens is 188 g/mol. The highest BCUT2D eigenvalue weighted by Crippen LogP contribution is 2.23. The molecular formula is C12H22N2O. The van der Waals surface area contributed by atoms with Crippen LogP contribution in [0.3, 0.4) is 0 Å². The first-order chi connectivity index (χ1) is 7.15. The van der Waals surface area contributed by atoms with Crippen molar-refractivity contribution in [2.24, 2.45) is 11.8 Å². The van der Waals surface area contributed by atoms with Gasteiger partial charge in [-0.2, -0.15) is 0 Å². The number of aryl methyl sites for hydroxylation is 1. The number of nitrogens with one attached hydrogen (secondary N) is 1. The molecule has 1 rings (SSSR count). The minimum Gasteiger partial charge on any atom is -0.467 e. The summed E-state index contributed by atoms with van der Waals surface area (Å²) in [7, 11) is 0. The fraction of sp³-hybridized carbons (Fsp3) is 0.667. The topological polar surface area (TPSA) is 51.2 Å². The van der Waals surface area contributed by atoms with E-state index in [0.717, 1.165) is 18.1 Å². The zero-order chi connectivity index (χ0) is 11.3. The first kappa shape index (κ1) is 12.3. The lowest BCUT2D eigenvalue weighted by atomic mass is 10.0.